The van der Waals surface area contributed by atoms with Crippen LogP contribution in [-0.4, -0.2) is 4.98 Å². The van der Waals surface area contributed by atoms with Gasteiger partial charge in [0.05, 0.1) is 21.6 Å². The number of nitrogens with two attached hydrogens (primary N) is 1. The molecule has 0 amide bonds. The second-order valence-corrected chi connectivity index (χ2v) is 5.51. The molecule has 1 unspecified atom stereocenters. The van der Waals surface area contributed by atoms with Crippen LogP contribution < -0.4 is 11.3 Å². The Bertz CT molecular complexity index is 784. The molecule has 1 heterocycles. The second-order valence-electron chi connectivity index (χ2n) is 4.70. The SMILES string of the molecule is NNC(c1ccc(Cl)c(Cl)c1)c1cccc2cccnc12. The number of hydrogen-bond donors (Lipinski definition) is 2. The highest BCUT2D eigenvalue weighted by molar-refractivity contribution is 6.42. The minimum atomic E-state index is -0.210. The van der Waals surface area contributed by atoms with E-state index in [9.17, 15) is 0 Å². The minimum Gasteiger partial charge on any atom is -0.271 e. The summed E-state index contributed by atoms with van der Waals surface area (Å²) < 4.78 is 0. The fourth-order valence-electron chi connectivity index (χ4n) is 2.42. The van der Waals surface area contributed by atoms with Gasteiger partial charge in [0.1, 0.15) is 0 Å². The third-order valence-electron chi connectivity index (χ3n) is 3.42. The predicted molar refractivity (Wildman–Crippen MR) is 87.4 cm³/mol. The topological polar surface area (TPSA) is 50.9 Å². The second kappa shape index (κ2) is 6.00. The molecule has 3 rings (SSSR count). The zero-order valence-corrected chi connectivity index (χ0v) is 12.6. The normalized spacial score (nSPS) is 12.5. The van der Waals surface area contributed by atoms with E-state index in [1.54, 1.807) is 12.3 Å². The molecule has 3 nitrogen and oxygen atoms in total. The third-order valence-corrected chi connectivity index (χ3v) is 4.16. The third kappa shape index (κ3) is 2.74. The standard InChI is InChI=1S/C16H13Cl2N3/c17-13-7-6-11(9-14(13)18)16(21-19)12-5-1-3-10-4-2-8-20-15(10)12/h1-9,16,21H,19H2. The van der Waals surface area contributed by atoms with Crippen LogP contribution in [0, 0.1) is 0 Å². The zero-order valence-electron chi connectivity index (χ0n) is 11.1. The Morgan fingerprint density at radius 1 is 1.00 bits per heavy atom. The van der Waals surface area contributed by atoms with E-state index in [0.717, 1.165) is 22.0 Å². The molecule has 3 N–H and O–H groups in total. The molecule has 0 saturated carbocycles. The van der Waals surface area contributed by atoms with Gasteiger partial charge in [0.15, 0.2) is 0 Å². The van der Waals surface area contributed by atoms with E-state index in [4.69, 9.17) is 29.0 Å². The molecule has 2 aromatic carbocycles. The van der Waals surface area contributed by atoms with Crippen molar-refractivity contribution in [1.82, 2.24) is 10.4 Å². The van der Waals surface area contributed by atoms with Crippen LogP contribution in [0.3, 0.4) is 0 Å². The van der Waals surface area contributed by atoms with Gasteiger partial charge in [-0.15, -0.1) is 0 Å². The Kier molecular flexibility index (Phi) is 4.08. The number of para-hydroxylation sites is 1. The summed E-state index contributed by atoms with van der Waals surface area (Å²) in [5.74, 6) is 5.76. The predicted octanol–water partition coefficient (Wildman–Crippen LogP) is 4.09. The zero-order chi connectivity index (χ0) is 14.8. The largest absolute Gasteiger partial charge is 0.271 e. The van der Waals surface area contributed by atoms with Gasteiger partial charge < -0.3 is 0 Å². The summed E-state index contributed by atoms with van der Waals surface area (Å²) in [7, 11) is 0. The molecule has 0 bridgehead atoms. The van der Waals surface area contributed by atoms with Gasteiger partial charge in [-0.3, -0.25) is 10.8 Å². The number of rotatable bonds is 3. The molecule has 0 spiro atoms. The number of nitrogens with one attached hydrogen (secondary N) is 1. The average molecular weight is 318 g/mol. The summed E-state index contributed by atoms with van der Waals surface area (Å²) in [6.07, 6.45) is 1.77. The number of fused-ring (bicyclic) bond motifs is 1. The Labute approximate surface area is 132 Å². The van der Waals surface area contributed by atoms with Crippen molar-refractivity contribution < 1.29 is 0 Å². The van der Waals surface area contributed by atoms with Crippen molar-refractivity contribution in [2.45, 2.75) is 6.04 Å². The van der Waals surface area contributed by atoms with Crippen molar-refractivity contribution in [3.63, 3.8) is 0 Å². The lowest BCUT2D eigenvalue weighted by Crippen LogP contribution is -2.29. The van der Waals surface area contributed by atoms with Crippen LogP contribution in [-0.2, 0) is 0 Å². The fourth-order valence-corrected chi connectivity index (χ4v) is 2.72. The molecule has 0 aliphatic heterocycles. The fraction of sp³-hybridized carbons (Fsp3) is 0.0625. The first-order valence-corrected chi connectivity index (χ1v) is 7.21. The molecule has 0 fully saturated rings. The van der Waals surface area contributed by atoms with Gasteiger partial charge in [0.2, 0.25) is 0 Å². The summed E-state index contributed by atoms with van der Waals surface area (Å²) in [5.41, 5.74) is 5.67. The van der Waals surface area contributed by atoms with Crippen molar-refractivity contribution >= 4 is 34.1 Å². The molecule has 0 aliphatic rings. The van der Waals surface area contributed by atoms with E-state index in [1.165, 1.54) is 0 Å². The Hall–Kier alpha value is -1.65. The summed E-state index contributed by atoms with van der Waals surface area (Å²) in [6.45, 7) is 0. The van der Waals surface area contributed by atoms with Gasteiger partial charge in [-0.1, -0.05) is 53.5 Å². The summed E-state index contributed by atoms with van der Waals surface area (Å²) in [5, 5.41) is 2.09. The van der Waals surface area contributed by atoms with Gasteiger partial charge in [-0.25, -0.2) is 5.43 Å². The maximum Gasteiger partial charge on any atom is 0.0753 e. The van der Waals surface area contributed by atoms with Crippen molar-refractivity contribution in [2.24, 2.45) is 5.84 Å². The maximum absolute atomic E-state index is 6.10. The molecule has 1 atom stereocenters. The summed E-state index contributed by atoms with van der Waals surface area (Å²) >= 11 is 12.1. The van der Waals surface area contributed by atoms with Crippen LogP contribution in [0.5, 0.6) is 0 Å². The molecule has 5 heteroatoms. The number of hydrazine groups is 1. The van der Waals surface area contributed by atoms with Gasteiger partial charge >= 0.3 is 0 Å². The Morgan fingerprint density at radius 3 is 2.57 bits per heavy atom. The molecular formula is C16H13Cl2N3. The van der Waals surface area contributed by atoms with E-state index in [2.05, 4.69) is 10.4 Å². The molecule has 0 aliphatic carbocycles. The maximum atomic E-state index is 6.10. The lowest BCUT2D eigenvalue weighted by atomic mass is 9.97. The van der Waals surface area contributed by atoms with Crippen molar-refractivity contribution in [3.8, 4) is 0 Å². The monoisotopic (exact) mass is 317 g/mol. The Balaban J connectivity index is 2.16. The highest BCUT2D eigenvalue weighted by Gasteiger charge is 2.16. The molecule has 21 heavy (non-hydrogen) atoms. The lowest BCUT2D eigenvalue weighted by molar-refractivity contribution is 0.640. The minimum absolute atomic E-state index is 0.210. The van der Waals surface area contributed by atoms with Crippen molar-refractivity contribution in [3.05, 3.63) is 75.9 Å². The van der Waals surface area contributed by atoms with Crippen LogP contribution in [0.15, 0.2) is 54.7 Å². The molecular weight excluding hydrogens is 305 g/mol. The number of pyridine rings is 1. The van der Waals surface area contributed by atoms with Crippen LogP contribution >= 0.6 is 23.2 Å². The van der Waals surface area contributed by atoms with E-state index in [-0.39, 0.29) is 6.04 Å². The number of hydrogen-bond acceptors (Lipinski definition) is 3. The first-order chi connectivity index (χ1) is 10.2. The van der Waals surface area contributed by atoms with Crippen molar-refractivity contribution in [2.75, 3.05) is 0 Å². The first-order valence-electron chi connectivity index (χ1n) is 6.45. The number of nitrogens with zero attached hydrogens (tertiary/aromatic N) is 1. The quantitative estimate of drug-likeness (QED) is 0.565. The molecule has 1 aromatic heterocycles. The lowest BCUT2D eigenvalue weighted by Gasteiger charge is -2.19. The van der Waals surface area contributed by atoms with Crippen LogP contribution in [0.2, 0.25) is 10.0 Å². The van der Waals surface area contributed by atoms with Crippen LogP contribution in [0.4, 0.5) is 0 Å². The molecule has 106 valence electrons. The number of benzene rings is 2. The molecule has 0 radical (unpaired) electrons. The number of aromatic nitrogens is 1. The van der Waals surface area contributed by atoms with Crippen LogP contribution in [0.1, 0.15) is 17.2 Å². The van der Waals surface area contributed by atoms with E-state index < -0.39 is 0 Å². The highest BCUT2D eigenvalue weighted by atomic mass is 35.5. The van der Waals surface area contributed by atoms with E-state index in [0.29, 0.717) is 10.0 Å². The highest BCUT2D eigenvalue weighted by Crippen LogP contribution is 2.31. The number of halogens is 2. The van der Waals surface area contributed by atoms with Crippen molar-refractivity contribution in [1.29, 1.82) is 0 Å². The summed E-state index contributed by atoms with van der Waals surface area (Å²) in [4.78, 5) is 4.46. The van der Waals surface area contributed by atoms with Gasteiger partial charge in [0.25, 0.3) is 0 Å². The summed E-state index contributed by atoms with van der Waals surface area (Å²) in [6, 6.07) is 15.2. The van der Waals surface area contributed by atoms with E-state index >= 15 is 0 Å². The van der Waals surface area contributed by atoms with Crippen LogP contribution in [0.25, 0.3) is 10.9 Å². The smallest absolute Gasteiger partial charge is 0.0753 e. The molecule has 0 saturated heterocycles. The average Bonchev–Trinajstić information content (AvgIpc) is 2.52. The molecule has 3 aromatic rings. The van der Waals surface area contributed by atoms with Gasteiger partial charge in [-0.2, -0.15) is 0 Å². The first kappa shape index (κ1) is 14.3. The van der Waals surface area contributed by atoms with Gasteiger partial charge in [-0.05, 0) is 23.8 Å². The van der Waals surface area contributed by atoms with Gasteiger partial charge in [0, 0.05) is 17.1 Å². The Morgan fingerprint density at radius 2 is 1.81 bits per heavy atom. The van der Waals surface area contributed by atoms with E-state index in [1.807, 2.05) is 42.5 Å².